The number of aryl methyl sites for hydroxylation is 1. The van der Waals surface area contributed by atoms with Crippen LogP contribution >= 0.6 is 0 Å². The fourth-order valence-electron chi connectivity index (χ4n) is 3.64. The summed E-state index contributed by atoms with van der Waals surface area (Å²) in [7, 11) is 0. The van der Waals surface area contributed by atoms with Crippen LogP contribution in [0.25, 0.3) is 0 Å². The molecule has 1 heterocycles. The lowest BCUT2D eigenvalue weighted by Crippen LogP contribution is -2.51. The summed E-state index contributed by atoms with van der Waals surface area (Å²) in [5, 5.41) is 0. The zero-order valence-corrected chi connectivity index (χ0v) is 17.5. The molecule has 1 saturated heterocycles. The summed E-state index contributed by atoms with van der Waals surface area (Å²) in [6.45, 7) is 16.2. The molecule has 0 spiro atoms. The molecule has 6 heteroatoms. The van der Waals surface area contributed by atoms with E-state index in [0.717, 1.165) is 62.8 Å². The zero-order valence-electron chi connectivity index (χ0n) is 17.5. The molecule has 150 valence electrons. The molecule has 6 nitrogen and oxygen atoms in total. The van der Waals surface area contributed by atoms with Crippen LogP contribution in [0.15, 0.2) is 18.2 Å². The van der Waals surface area contributed by atoms with Gasteiger partial charge in [-0.1, -0.05) is 6.92 Å². The topological polar surface area (TPSA) is 47.1 Å². The summed E-state index contributed by atoms with van der Waals surface area (Å²) in [4.78, 5) is 33.1. The molecule has 2 rings (SSSR count). The van der Waals surface area contributed by atoms with E-state index in [1.807, 2.05) is 24.0 Å². The minimum atomic E-state index is -0.103. The number of nitrogens with zero attached hydrogens (tertiary/aromatic N) is 4. The van der Waals surface area contributed by atoms with Crippen LogP contribution in [0.3, 0.4) is 0 Å². The third kappa shape index (κ3) is 5.22. The molecule has 1 aromatic carbocycles. The van der Waals surface area contributed by atoms with Gasteiger partial charge in [0.05, 0.1) is 0 Å². The van der Waals surface area contributed by atoms with Crippen molar-refractivity contribution >= 4 is 23.2 Å². The van der Waals surface area contributed by atoms with Crippen LogP contribution in [-0.4, -0.2) is 74.0 Å². The number of carbonyl (C=O) groups excluding carboxylic acids is 2. The molecular weight excluding hydrogens is 340 g/mol. The van der Waals surface area contributed by atoms with Gasteiger partial charge in [-0.15, -0.1) is 0 Å². The molecule has 0 bridgehead atoms. The van der Waals surface area contributed by atoms with Crippen LogP contribution in [-0.2, 0) is 9.59 Å². The van der Waals surface area contributed by atoms with E-state index >= 15 is 0 Å². The molecule has 2 amide bonds. The smallest absolute Gasteiger partial charge is 0.242 e. The van der Waals surface area contributed by atoms with E-state index in [4.69, 9.17) is 0 Å². The van der Waals surface area contributed by atoms with Gasteiger partial charge in [-0.25, -0.2) is 0 Å². The van der Waals surface area contributed by atoms with Gasteiger partial charge in [0.15, 0.2) is 0 Å². The van der Waals surface area contributed by atoms with Crippen molar-refractivity contribution in [2.24, 2.45) is 0 Å². The van der Waals surface area contributed by atoms with E-state index in [0.29, 0.717) is 0 Å². The average Bonchev–Trinajstić information content (AvgIpc) is 2.67. The Labute approximate surface area is 163 Å². The average molecular weight is 375 g/mol. The van der Waals surface area contributed by atoms with Crippen LogP contribution in [0.2, 0.25) is 0 Å². The monoisotopic (exact) mass is 374 g/mol. The van der Waals surface area contributed by atoms with Crippen molar-refractivity contribution in [1.82, 2.24) is 9.80 Å². The molecule has 1 aromatic rings. The van der Waals surface area contributed by atoms with Crippen LogP contribution in [0.4, 0.5) is 11.4 Å². The Balaban J connectivity index is 2.13. The van der Waals surface area contributed by atoms with Crippen molar-refractivity contribution in [3.63, 3.8) is 0 Å². The molecule has 1 aliphatic rings. The summed E-state index contributed by atoms with van der Waals surface area (Å²) in [5.74, 6) is -0.0811. The zero-order chi connectivity index (χ0) is 20.0. The van der Waals surface area contributed by atoms with Crippen LogP contribution in [0, 0.1) is 6.92 Å². The Morgan fingerprint density at radius 2 is 1.67 bits per heavy atom. The first kappa shape index (κ1) is 21.2. The highest BCUT2D eigenvalue weighted by atomic mass is 16.2. The molecule has 0 saturated carbocycles. The highest BCUT2D eigenvalue weighted by Gasteiger charge is 2.24. The number of rotatable bonds is 7. The number of anilines is 2. The molecule has 27 heavy (non-hydrogen) atoms. The molecule has 1 aliphatic heterocycles. The first-order valence-corrected chi connectivity index (χ1v) is 10.0. The van der Waals surface area contributed by atoms with Crippen LogP contribution < -0.4 is 9.80 Å². The van der Waals surface area contributed by atoms with Crippen molar-refractivity contribution in [3.8, 4) is 0 Å². The standard InChI is InChI=1S/C21H34N4O2/c1-6-22-11-13-24(14-12-22)21(27)16-25(18(5)26)20-10-9-19(15-17(20)4)23(7-2)8-3/h9-10,15H,6-8,11-14,16H2,1-5H3. The number of carbonyl (C=O) groups is 2. The van der Waals surface area contributed by atoms with Crippen LogP contribution in [0.1, 0.15) is 33.3 Å². The molecule has 0 N–H and O–H groups in total. The third-order valence-electron chi connectivity index (χ3n) is 5.45. The van der Waals surface area contributed by atoms with Gasteiger partial charge in [0.1, 0.15) is 6.54 Å². The van der Waals surface area contributed by atoms with Crippen LogP contribution in [0.5, 0.6) is 0 Å². The van der Waals surface area contributed by atoms with E-state index < -0.39 is 0 Å². The van der Waals surface area contributed by atoms with E-state index in [2.05, 4.69) is 36.6 Å². The van der Waals surface area contributed by atoms with Gasteiger partial charge in [0, 0.05) is 57.6 Å². The van der Waals surface area contributed by atoms with E-state index in [1.165, 1.54) is 6.92 Å². The lowest BCUT2D eigenvalue weighted by molar-refractivity contribution is -0.132. The molecule has 0 aromatic heterocycles. The first-order valence-electron chi connectivity index (χ1n) is 10.0. The molecule has 0 atom stereocenters. The number of piperazine rings is 1. The second-order valence-electron chi connectivity index (χ2n) is 7.06. The minimum Gasteiger partial charge on any atom is -0.372 e. The second-order valence-corrected chi connectivity index (χ2v) is 7.06. The highest BCUT2D eigenvalue weighted by Crippen LogP contribution is 2.26. The summed E-state index contributed by atoms with van der Waals surface area (Å²) < 4.78 is 0. The normalized spacial score (nSPS) is 14.9. The van der Waals surface area contributed by atoms with Gasteiger partial charge in [-0.05, 0) is 51.1 Å². The Bertz CT molecular complexity index is 650. The number of hydrogen-bond acceptors (Lipinski definition) is 4. The summed E-state index contributed by atoms with van der Waals surface area (Å²) in [5.41, 5.74) is 2.98. The first-order chi connectivity index (χ1) is 12.9. The quantitative estimate of drug-likeness (QED) is 0.735. The Hall–Kier alpha value is -2.08. The fourth-order valence-corrected chi connectivity index (χ4v) is 3.64. The molecule has 0 unspecified atom stereocenters. The Kier molecular flexibility index (Phi) is 7.66. The minimum absolute atomic E-state index is 0.0215. The van der Waals surface area contributed by atoms with Gasteiger partial charge in [0.2, 0.25) is 11.8 Å². The van der Waals surface area contributed by atoms with Crippen molar-refractivity contribution in [2.45, 2.75) is 34.6 Å². The Morgan fingerprint density at radius 3 is 2.15 bits per heavy atom. The van der Waals surface area contributed by atoms with Crippen molar-refractivity contribution in [1.29, 1.82) is 0 Å². The van der Waals surface area contributed by atoms with Gasteiger partial charge in [-0.3, -0.25) is 9.59 Å². The lowest BCUT2D eigenvalue weighted by Gasteiger charge is -2.35. The summed E-state index contributed by atoms with van der Waals surface area (Å²) >= 11 is 0. The van der Waals surface area contributed by atoms with Gasteiger partial charge < -0.3 is 19.6 Å². The molecule has 1 fully saturated rings. The maximum Gasteiger partial charge on any atom is 0.242 e. The van der Waals surface area contributed by atoms with E-state index in [1.54, 1.807) is 4.90 Å². The van der Waals surface area contributed by atoms with Gasteiger partial charge in [0.25, 0.3) is 0 Å². The lowest BCUT2D eigenvalue weighted by atomic mass is 10.1. The van der Waals surface area contributed by atoms with E-state index in [9.17, 15) is 9.59 Å². The fraction of sp³-hybridized carbons (Fsp3) is 0.619. The number of hydrogen-bond donors (Lipinski definition) is 0. The number of amides is 2. The van der Waals surface area contributed by atoms with E-state index in [-0.39, 0.29) is 18.4 Å². The third-order valence-corrected chi connectivity index (χ3v) is 5.45. The predicted molar refractivity (Wildman–Crippen MR) is 111 cm³/mol. The summed E-state index contributed by atoms with van der Waals surface area (Å²) in [6.07, 6.45) is 0. The van der Waals surface area contributed by atoms with Crippen molar-refractivity contribution < 1.29 is 9.59 Å². The summed E-state index contributed by atoms with van der Waals surface area (Å²) in [6, 6.07) is 6.10. The second kappa shape index (κ2) is 9.74. The highest BCUT2D eigenvalue weighted by molar-refractivity contribution is 5.98. The molecular formula is C21H34N4O2. The van der Waals surface area contributed by atoms with Gasteiger partial charge >= 0.3 is 0 Å². The number of benzene rings is 1. The predicted octanol–water partition coefficient (Wildman–Crippen LogP) is 2.36. The largest absolute Gasteiger partial charge is 0.372 e. The van der Waals surface area contributed by atoms with Crippen molar-refractivity contribution in [2.75, 3.05) is 62.2 Å². The van der Waals surface area contributed by atoms with Gasteiger partial charge in [-0.2, -0.15) is 0 Å². The molecule has 0 radical (unpaired) electrons. The maximum absolute atomic E-state index is 12.8. The van der Waals surface area contributed by atoms with Crippen molar-refractivity contribution in [3.05, 3.63) is 23.8 Å². The molecule has 0 aliphatic carbocycles. The Morgan fingerprint density at radius 1 is 1.04 bits per heavy atom. The number of likely N-dealkylation sites (N-methyl/N-ethyl adjacent to an activating group) is 1. The SMILES string of the molecule is CCN1CCN(C(=O)CN(C(C)=O)c2ccc(N(CC)CC)cc2C)CC1. The maximum atomic E-state index is 12.8.